The lowest BCUT2D eigenvalue weighted by molar-refractivity contribution is -0.140. The van der Waals surface area contributed by atoms with E-state index in [1.807, 2.05) is 0 Å². The normalized spacial score (nSPS) is 17.4. The number of carbonyl (C=O) groups excluding carboxylic acids is 2. The Morgan fingerprint density at radius 2 is 1.79 bits per heavy atom. The highest BCUT2D eigenvalue weighted by Gasteiger charge is 2.46. The summed E-state index contributed by atoms with van der Waals surface area (Å²) in [6, 6.07) is 10.4. The number of rotatable bonds is 10. The van der Waals surface area contributed by atoms with Crippen molar-refractivity contribution in [1.29, 1.82) is 0 Å². The highest BCUT2D eigenvalue weighted by atomic mass is 16.5. The van der Waals surface area contributed by atoms with Crippen molar-refractivity contribution >= 4 is 17.4 Å². The Morgan fingerprint density at radius 3 is 2.42 bits per heavy atom. The van der Waals surface area contributed by atoms with E-state index in [0.29, 0.717) is 23.5 Å². The smallest absolute Gasteiger partial charge is 0.295 e. The monoisotopic (exact) mass is 455 g/mol. The second-order valence-corrected chi connectivity index (χ2v) is 7.64. The molecule has 0 aromatic heterocycles. The molecule has 1 atom stereocenters. The molecule has 1 amide bonds. The number of phenols is 1. The summed E-state index contributed by atoms with van der Waals surface area (Å²) < 4.78 is 16.0. The maximum atomic E-state index is 13.0. The number of aliphatic hydroxyl groups excluding tert-OH is 1. The molecule has 2 N–H and O–H groups in total. The first kappa shape index (κ1) is 24.1. The number of ketones is 1. The van der Waals surface area contributed by atoms with E-state index in [-0.39, 0.29) is 36.0 Å². The Balaban J connectivity index is 2.05. The van der Waals surface area contributed by atoms with Crippen molar-refractivity contribution in [2.45, 2.75) is 25.8 Å². The van der Waals surface area contributed by atoms with E-state index in [1.54, 1.807) is 36.4 Å². The molecule has 8 heteroatoms. The minimum Gasteiger partial charge on any atom is -0.507 e. The van der Waals surface area contributed by atoms with Crippen LogP contribution < -0.4 is 9.47 Å². The highest BCUT2D eigenvalue weighted by Crippen LogP contribution is 2.41. The number of phenolic OH excluding ortho intramolecular Hbond substituents is 1. The molecular weight excluding hydrogens is 426 g/mol. The molecule has 2 aromatic rings. The molecule has 0 aliphatic carbocycles. The van der Waals surface area contributed by atoms with Crippen LogP contribution in [0.15, 0.2) is 48.0 Å². The van der Waals surface area contributed by atoms with Crippen LogP contribution in [0.3, 0.4) is 0 Å². The summed E-state index contributed by atoms with van der Waals surface area (Å²) in [4.78, 5) is 27.2. The van der Waals surface area contributed by atoms with Gasteiger partial charge in [-0.15, -0.1) is 0 Å². The molecule has 0 radical (unpaired) electrons. The topological polar surface area (TPSA) is 106 Å². The summed E-state index contributed by atoms with van der Waals surface area (Å²) in [5, 5.41) is 21.1. The number of aromatic hydroxyl groups is 1. The molecule has 0 saturated carbocycles. The van der Waals surface area contributed by atoms with Crippen LogP contribution in [-0.4, -0.2) is 60.8 Å². The van der Waals surface area contributed by atoms with Crippen LogP contribution in [0, 0.1) is 0 Å². The van der Waals surface area contributed by atoms with Crippen molar-refractivity contribution in [3.8, 4) is 17.2 Å². The summed E-state index contributed by atoms with van der Waals surface area (Å²) in [6.07, 6.45) is 1.95. The molecule has 1 fully saturated rings. The van der Waals surface area contributed by atoms with Crippen LogP contribution in [0.4, 0.5) is 0 Å². The van der Waals surface area contributed by atoms with Gasteiger partial charge in [0.2, 0.25) is 0 Å². The Hall–Kier alpha value is -3.52. The molecule has 1 unspecified atom stereocenters. The van der Waals surface area contributed by atoms with Gasteiger partial charge in [0, 0.05) is 19.2 Å². The number of ether oxygens (including phenoxy) is 3. The van der Waals surface area contributed by atoms with Crippen LogP contribution in [-0.2, 0) is 14.3 Å². The van der Waals surface area contributed by atoms with Crippen LogP contribution in [0.5, 0.6) is 17.2 Å². The zero-order valence-corrected chi connectivity index (χ0v) is 19.0. The second-order valence-electron chi connectivity index (χ2n) is 7.64. The first-order valence-electron chi connectivity index (χ1n) is 10.8. The van der Waals surface area contributed by atoms with Crippen LogP contribution in [0.1, 0.15) is 36.9 Å². The van der Waals surface area contributed by atoms with Crippen molar-refractivity contribution in [2.24, 2.45) is 0 Å². The van der Waals surface area contributed by atoms with Crippen molar-refractivity contribution in [2.75, 3.05) is 34.0 Å². The number of nitrogens with zero attached hydrogens (tertiary/aromatic N) is 1. The summed E-state index contributed by atoms with van der Waals surface area (Å²) >= 11 is 0. The third-order valence-corrected chi connectivity index (χ3v) is 5.49. The average Bonchev–Trinajstić information content (AvgIpc) is 3.08. The zero-order valence-electron chi connectivity index (χ0n) is 19.0. The number of amides is 1. The number of unbranched alkanes of at least 4 members (excludes halogenated alkanes) is 1. The lowest BCUT2D eigenvalue weighted by Crippen LogP contribution is -2.32. The van der Waals surface area contributed by atoms with Gasteiger partial charge >= 0.3 is 0 Å². The molecule has 1 saturated heterocycles. The molecule has 3 rings (SSSR count). The van der Waals surface area contributed by atoms with Crippen LogP contribution >= 0.6 is 0 Å². The molecule has 8 nitrogen and oxygen atoms in total. The van der Waals surface area contributed by atoms with Crippen molar-refractivity contribution < 1.29 is 34.0 Å². The fraction of sp³-hybridized carbons (Fsp3) is 0.360. The quantitative estimate of drug-likeness (QED) is 0.244. The Morgan fingerprint density at radius 1 is 1.06 bits per heavy atom. The standard InChI is InChI=1S/C25H29NO7/c1-4-5-13-33-18-9-6-16(7-10-18)23(28)21-22(17-8-11-19(27)20(15-17)32-3)26(12-14-31-2)25(30)24(21)29/h6-11,15,22,27-28H,4-5,12-14H2,1-3H3. The first-order chi connectivity index (χ1) is 15.9. The van der Waals surface area contributed by atoms with Gasteiger partial charge in [-0.2, -0.15) is 0 Å². The Bertz CT molecular complexity index is 1030. The number of benzene rings is 2. The summed E-state index contributed by atoms with van der Waals surface area (Å²) in [5.41, 5.74) is 0.864. The van der Waals surface area contributed by atoms with Gasteiger partial charge in [0.1, 0.15) is 11.5 Å². The van der Waals surface area contributed by atoms with Crippen molar-refractivity contribution in [1.82, 2.24) is 4.90 Å². The third kappa shape index (κ3) is 5.12. The maximum Gasteiger partial charge on any atom is 0.295 e. The third-order valence-electron chi connectivity index (χ3n) is 5.49. The number of methoxy groups -OCH3 is 2. The van der Waals surface area contributed by atoms with E-state index in [0.717, 1.165) is 12.8 Å². The lowest BCUT2D eigenvalue weighted by atomic mass is 9.95. The first-order valence-corrected chi connectivity index (χ1v) is 10.8. The van der Waals surface area contributed by atoms with Gasteiger partial charge in [0.05, 0.1) is 31.9 Å². The van der Waals surface area contributed by atoms with E-state index in [2.05, 4.69) is 6.92 Å². The van der Waals surface area contributed by atoms with Crippen LogP contribution in [0.25, 0.3) is 5.76 Å². The molecule has 1 heterocycles. The molecule has 0 bridgehead atoms. The number of Topliss-reactive ketones (excluding diaryl/α,β-unsaturated/α-hetero) is 1. The fourth-order valence-corrected chi connectivity index (χ4v) is 3.71. The highest BCUT2D eigenvalue weighted by molar-refractivity contribution is 6.46. The minimum absolute atomic E-state index is 0.0384. The van der Waals surface area contributed by atoms with Gasteiger partial charge in [-0.05, 0) is 48.4 Å². The van der Waals surface area contributed by atoms with Crippen molar-refractivity contribution in [3.63, 3.8) is 0 Å². The predicted molar refractivity (Wildman–Crippen MR) is 122 cm³/mol. The van der Waals surface area contributed by atoms with Gasteiger partial charge in [-0.3, -0.25) is 9.59 Å². The molecule has 33 heavy (non-hydrogen) atoms. The van der Waals surface area contributed by atoms with E-state index in [1.165, 1.54) is 25.2 Å². The molecule has 1 aliphatic heterocycles. The Kier molecular flexibility index (Phi) is 7.95. The summed E-state index contributed by atoms with van der Waals surface area (Å²) in [7, 11) is 2.91. The summed E-state index contributed by atoms with van der Waals surface area (Å²) in [5.74, 6) is -1.04. The molecular formula is C25H29NO7. The lowest BCUT2D eigenvalue weighted by Gasteiger charge is -2.25. The number of aliphatic hydroxyl groups is 1. The van der Waals surface area contributed by atoms with Gasteiger partial charge in [0.25, 0.3) is 11.7 Å². The second kappa shape index (κ2) is 10.9. The average molecular weight is 456 g/mol. The van der Waals surface area contributed by atoms with E-state index in [4.69, 9.17) is 14.2 Å². The van der Waals surface area contributed by atoms with Crippen LogP contribution in [0.2, 0.25) is 0 Å². The van der Waals surface area contributed by atoms with E-state index in [9.17, 15) is 19.8 Å². The predicted octanol–water partition coefficient (Wildman–Crippen LogP) is 3.65. The maximum absolute atomic E-state index is 13.0. The largest absolute Gasteiger partial charge is 0.507 e. The van der Waals surface area contributed by atoms with E-state index >= 15 is 0 Å². The van der Waals surface area contributed by atoms with Gasteiger partial charge in [0.15, 0.2) is 11.5 Å². The summed E-state index contributed by atoms with van der Waals surface area (Å²) in [6.45, 7) is 3.03. The zero-order chi connectivity index (χ0) is 24.0. The van der Waals surface area contributed by atoms with E-state index < -0.39 is 17.7 Å². The van der Waals surface area contributed by atoms with Gasteiger partial charge in [-0.25, -0.2) is 0 Å². The number of carbonyl (C=O) groups is 2. The fourth-order valence-electron chi connectivity index (χ4n) is 3.71. The van der Waals surface area contributed by atoms with Gasteiger partial charge < -0.3 is 29.3 Å². The van der Waals surface area contributed by atoms with Crippen molar-refractivity contribution in [3.05, 3.63) is 59.2 Å². The SMILES string of the molecule is CCCCOc1ccc(C(O)=C2C(=O)C(=O)N(CCOC)C2c2ccc(O)c(OC)c2)cc1. The molecule has 2 aromatic carbocycles. The molecule has 176 valence electrons. The van der Waals surface area contributed by atoms with Gasteiger partial charge in [-0.1, -0.05) is 19.4 Å². The molecule has 0 spiro atoms. The molecule has 1 aliphatic rings. The number of likely N-dealkylation sites (tertiary alicyclic amines) is 1. The number of hydrogen-bond acceptors (Lipinski definition) is 7. The number of hydrogen-bond donors (Lipinski definition) is 2. The Labute approximate surface area is 193 Å². The minimum atomic E-state index is -0.866.